The second kappa shape index (κ2) is 8.15. The van der Waals surface area contributed by atoms with Crippen molar-refractivity contribution >= 4 is 40.8 Å². The van der Waals surface area contributed by atoms with E-state index in [1.807, 2.05) is 60.7 Å². The van der Waals surface area contributed by atoms with Crippen molar-refractivity contribution in [2.45, 2.75) is 0 Å². The Labute approximate surface area is 159 Å². The van der Waals surface area contributed by atoms with Gasteiger partial charge in [-0.2, -0.15) is 0 Å². The molecule has 3 aromatic carbocycles. The van der Waals surface area contributed by atoms with Gasteiger partial charge in [0.2, 0.25) is 0 Å². The molecule has 0 nitrogen and oxygen atoms in total. The lowest BCUT2D eigenvalue weighted by Gasteiger charge is -2.05. The highest BCUT2D eigenvalue weighted by atomic mass is 79.9. The fraction of sp³-hybridized carbons (Fsp3) is 0. The standard InChI is InChI=1S/C22H14Br2/c23-21(19-9-5-2-6-10-19)22(24)20-15-13-18(14-16-20)12-11-17-7-3-1-4-8-17/h1-10,13-16H/b22-21-. The molecule has 0 atom stereocenters. The Hall–Kier alpha value is -2.08. The summed E-state index contributed by atoms with van der Waals surface area (Å²) in [6, 6.07) is 28.4. The molecule has 0 unspecified atom stereocenters. The van der Waals surface area contributed by atoms with Gasteiger partial charge in [-0.15, -0.1) is 0 Å². The predicted octanol–water partition coefficient (Wildman–Crippen LogP) is 6.70. The molecule has 0 aliphatic heterocycles. The topological polar surface area (TPSA) is 0 Å². The average Bonchev–Trinajstić information content (AvgIpc) is 2.67. The van der Waals surface area contributed by atoms with E-state index in [0.717, 1.165) is 31.2 Å². The van der Waals surface area contributed by atoms with Crippen LogP contribution in [-0.2, 0) is 0 Å². The summed E-state index contributed by atoms with van der Waals surface area (Å²) in [5, 5.41) is 0. The Morgan fingerprint density at radius 1 is 0.500 bits per heavy atom. The molecule has 0 bridgehead atoms. The van der Waals surface area contributed by atoms with Crippen LogP contribution in [0.3, 0.4) is 0 Å². The predicted molar refractivity (Wildman–Crippen MR) is 110 cm³/mol. The molecule has 0 aromatic heterocycles. The third-order valence-corrected chi connectivity index (χ3v) is 5.72. The first-order chi connectivity index (χ1) is 11.7. The van der Waals surface area contributed by atoms with E-state index in [1.165, 1.54) is 0 Å². The average molecular weight is 438 g/mol. The first-order valence-electron chi connectivity index (χ1n) is 7.52. The molecule has 0 saturated heterocycles. The van der Waals surface area contributed by atoms with Crippen LogP contribution in [0.25, 0.3) is 8.96 Å². The van der Waals surface area contributed by atoms with Gasteiger partial charge in [-0.3, -0.25) is 0 Å². The fourth-order valence-electron chi connectivity index (χ4n) is 2.20. The van der Waals surface area contributed by atoms with Crippen LogP contribution in [0.4, 0.5) is 0 Å². The van der Waals surface area contributed by atoms with Crippen molar-refractivity contribution < 1.29 is 0 Å². The van der Waals surface area contributed by atoms with Gasteiger partial charge in [-0.1, -0.05) is 72.5 Å². The van der Waals surface area contributed by atoms with Crippen LogP contribution in [0, 0.1) is 11.8 Å². The second-order valence-electron chi connectivity index (χ2n) is 5.19. The van der Waals surface area contributed by atoms with Crippen LogP contribution in [-0.4, -0.2) is 0 Å². The van der Waals surface area contributed by atoms with E-state index in [-0.39, 0.29) is 0 Å². The maximum absolute atomic E-state index is 3.69. The van der Waals surface area contributed by atoms with Crippen molar-refractivity contribution in [1.82, 2.24) is 0 Å². The minimum absolute atomic E-state index is 0.999. The minimum Gasteiger partial charge on any atom is -0.0622 e. The zero-order valence-electron chi connectivity index (χ0n) is 12.8. The lowest BCUT2D eigenvalue weighted by atomic mass is 10.1. The van der Waals surface area contributed by atoms with Crippen LogP contribution < -0.4 is 0 Å². The number of benzene rings is 3. The number of hydrogen-bond acceptors (Lipinski definition) is 0. The molecule has 0 radical (unpaired) electrons. The summed E-state index contributed by atoms with van der Waals surface area (Å²) >= 11 is 7.36. The molecular formula is C22H14Br2. The largest absolute Gasteiger partial charge is 0.0622 e. The van der Waals surface area contributed by atoms with E-state index in [1.54, 1.807) is 0 Å². The molecule has 0 spiro atoms. The van der Waals surface area contributed by atoms with E-state index in [2.05, 4.69) is 68.0 Å². The molecule has 0 heterocycles. The summed E-state index contributed by atoms with van der Waals surface area (Å²) in [6.45, 7) is 0. The zero-order valence-corrected chi connectivity index (χ0v) is 16.0. The van der Waals surface area contributed by atoms with Crippen LogP contribution in [0.5, 0.6) is 0 Å². The van der Waals surface area contributed by atoms with Crippen LogP contribution in [0.2, 0.25) is 0 Å². The van der Waals surface area contributed by atoms with Gasteiger partial charge in [0.25, 0.3) is 0 Å². The van der Waals surface area contributed by atoms with E-state index in [0.29, 0.717) is 0 Å². The molecule has 0 aliphatic carbocycles. The van der Waals surface area contributed by atoms with Crippen LogP contribution in [0.1, 0.15) is 22.3 Å². The quantitative estimate of drug-likeness (QED) is 0.309. The van der Waals surface area contributed by atoms with Crippen molar-refractivity contribution in [2.75, 3.05) is 0 Å². The molecule has 0 aliphatic rings. The number of hydrogen-bond donors (Lipinski definition) is 0. The van der Waals surface area contributed by atoms with Crippen molar-refractivity contribution in [3.05, 3.63) is 107 Å². The second-order valence-corrected chi connectivity index (χ2v) is 6.77. The van der Waals surface area contributed by atoms with E-state index in [4.69, 9.17) is 0 Å². The third kappa shape index (κ3) is 4.26. The van der Waals surface area contributed by atoms with Crippen molar-refractivity contribution in [3.63, 3.8) is 0 Å². The Morgan fingerprint density at radius 2 is 0.917 bits per heavy atom. The molecule has 116 valence electrons. The van der Waals surface area contributed by atoms with Gasteiger partial charge in [-0.05, 0) is 67.3 Å². The van der Waals surface area contributed by atoms with Gasteiger partial charge < -0.3 is 0 Å². The van der Waals surface area contributed by atoms with Crippen LogP contribution >= 0.6 is 31.9 Å². The van der Waals surface area contributed by atoms with Crippen molar-refractivity contribution in [3.8, 4) is 11.8 Å². The van der Waals surface area contributed by atoms with E-state index >= 15 is 0 Å². The third-order valence-electron chi connectivity index (χ3n) is 3.48. The normalized spacial score (nSPS) is 11.2. The SMILES string of the molecule is Br/C(=C(\Br)c1ccc(C#Cc2ccccc2)cc1)c1ccccc1. The molecule has 3 aromatic rings. The van der Waals surface area contributed by atoms with Gasteiger partial charge in [0.1, 0.15) is 0 Å². The lowest BCUT2D eigenvalue weighted by Crippen LogP contribution is -1.83. The summed E-state index contributed by atoms with van der Waals surface area (Å²) in [5.41, 5.74) is 4.27. The Morgan fingerprint density at radius 3 is 1.46 bits per heavy atom. The van der Waals surface area contributed by atoms with Gasteiger partial charge in [0, 0.05) is 20.1 Å². The monoisotopic (exact) mass is 436 g/mol. The highest BCUT2D eigenvalue weighted by Crippen LogP contribution is 2.35. The van der Waals surface area contributed by atoms with Gasteiger partial charge in [-0.25, -0.2) is 0 Å². The molecule has 0 fully saturated rings. The van der Waals surface area contributed by atoms with Gasteiger partial charge in [0.15, 0.2) is 0 Å². The summed E-state index contributed by atoms with van der Waals surface area (Å²) in [7, 11) is 0. The molecular weight excluding hydrogens is 424 g/mol. The van der Waals surface area contributed by atoms with Gasteiger partial charge >= 0.3 is 0 Å². The highest BCUT2D eigenvalue weighted by Gasteiger charge is 2.06. The zero-order chi connectivity index (χ0) is 16.8. The van der Waals surface area contributed by atoms with Crippen LogP contribution in [0.15, 0.2) is 84.9 Å². The van der Waals surface area contributed by atoms with E-state index < -0.39 is 0 Å². The van der Waals surface area contributed by atoms with Crippen molar-refractivity contribution in [1.29, 1.82) is 0 Å². The number of halogens is 2. The smallest absolute Gasteiger partial charge is 0.0395 e. The maximum Gasteiger partial charge on any atom is 0.0395 e. The van der Waals surface area contributed by atoms with Gasteiger partial charge in [0.05, 0.1) is 0 Å². The number of rotatable bonds is 2. The minimum atomic E-state index is 0.999. The Bertz CT molecular complexity index is 897. The Balaban J connectivity index is 1.83. The highest BCUT2D eigenvalue weighted by molar-refractivity contribution is 9.18. The first-order valence-corrected chi connectivity index (χ1v) is 9.11. The summed E-state index contributed by atoms with van der Waals surface area (Å²) < 4.78 is 2.06. The van der Waals surface area contributed by atoms with Crippen molar-refractivity contribution in [2.24, 2.45) is 0 Å². The van der Waals surface area contributed by atoms with E-state index in [9.17, 15) is 0 Å². The molecule has 0 N–H and O–H groups in total. The summed E-state index contributed by atoms with van der Waals surface area (Å²) in [4.78, 5) is 0. The summed E-state index contributed by atoms with van der Waals surface area (Å²) in [6.07, 6.45) is 0. The Kier molecular flexibility index (Phi) is 5.69. The lowest BCUT2D eigenvalue weighted by molar-refractivity contribution is 1.59. The molecule has 0 amide bonds. The summed E-state index contributed by atoms with van der Waals surface area (Å²) in [5.74, 6) is 6.37. The maximum atomic E-state index is 3.69. The molecule has 2 heteroatoms. The molecule has 24 heavy (non-hydrogen) atoms. The fourth-order valence-corrected chi connectivity index (χ4v) is 3.19. The molecule has 0 saturated carbocycles. The first kappa shape index (κ1) is 16.8. The molecule has 3 rings (SSSR count).